The Balaban J connectivity index is 3.45. The average Bonchev–Trinajstić information content (AvgIpc) is 1.87. The second-order valence-corrected chi connectivity index (χ2v) is 9.61. The maximum atomic E-state index is 10.6. The molecular weight excluding hydrogens is 152 g/mol. The van der Waals surface area contributed by atoms with Crippen LogP contribution >= 0.6 is 0 Å². The van der Waals surface area contributed by atoms with E-state index < -0.39 is 8.07 Å². The molecule has 0 aromatic heterocycles. The van der Waals surface area contributed by atoms with Crippen LogP contribution in [-0.2, 0) is 4.79 Å². The van der Waals surface area contributed by atoms with Gasteiger partial charge in [-0.3, -0.25) is 0 Å². The van der Waals surface area contributed by atoms with Gasteiger partial charge in [-0.15, -0.1) is 0 Å². The first-order chi connectivity index (χ1) is 4.98. The zero-order chi connectivity index (χ0) is 8.91. The minimum Gasteiger partial charge on any atom is -0.300 e. The second kappa shape index (κ2) is 4.70. The van der Waals surface area contributed by atoms with Gasteiger partial charge in [0, 0.05) is 14.5 Å². The summed E-state index contributed by atoms with van der Waals surface area (Å²) in [5.41, 5.74) is 0. The van der Waals surface area contributed by atoms with Crippen molar-refractivity contribution in [3.8, 4) is 0 Å². The van der Waals surface area contributed by atoms with Crippen LogP contribution in [0.1, 0.15) is 26.7 Å². The molecule has 0 rings (SSSR count). The number of carbonyl (C=O) groups excluding carboxylic acids is 1. The molecule has 0 aromatic rings. The third kappa shape index (κ3) is 6.29. The highest BCUT2D eigenvalue weighted by molar-refractivity contribution is 6.77. The first-order valence-electron chi connectivity index (χ1n) is 4.47. The van der Waals surface area contributed by atoms with Gasteiger partial charge in [-0.1, -0.05) is 32.1 Å². The third-order valence-electron chi connectivity index (χ3n) is 2.34. The van der Waals surface area contributed by atoms with Crippen LogP contribution in [0.5, 0.6) is 0 Å². The Kier molecular flexibility index (Phi) is 4.65. The van der Waals surface area contributed by atoms with E-state index in [0.29, 0.717) is 5.78 Å². The molecule has 0 atom stereocenters. The topological polar surface area (TPSA) is 17.1 Å². The van der Waals surface area contributed by atoms with Gasteiger partial charge in [-0.05, 0) is 13.3 Å². The lowest BCUT2D eigenvalue weighted by molar-refractivity contribution is -0.117. The largest absolute Gasteiger partial charge is 0.300 e. The van der Waals surface area contributed by atoms with Crippen molar-refractivity contribution in [2.24, 2.45) is 0 Å². The van der Waals surface area contributed by atoms with Gasteiger partial charge in [0.15, 0.2) is 0 Å². The molecule has 0 unspecified atom stereocenters. The van der Waals surface area contributed by atoms with Crippen molar-refractivity contribution >= 4 is 13.9 Å². The molecule has 0 spiro atoms. The predicted molar refractivity (Wildman–Crippen MR) is 52.7 cm³/mol. The van der Waals surface area contributed by atoms with E-state index in [2.05, 4.69) is 20.0 Å². The number of Topliss-reactive ketones (excluding diaryl/α,β-unsaturated/α-hetero) is 1. The normalized spacial score (nSPS) is 11.6. The Hall–Kier alpha value is -0.113. The third-order valence-corrected chi connectivity index (χ3v) is 5.96. The van der Waals surface area contributed by atoms with E-state index in [1.165, 1.54) is 12.1 Å². The second-order valence-electron chi connectivity index (χ2n) is 4.07. The lowest BCUT2D eigenvalue weighted by Crippen LogP contribution is -2.23. The van der Waals surface area contributed by atoms with Gasteiger partial charge in [-0.2, -0.15) is 0 Å². The van der Waals surface area contributed by atoms with Crippen LogP contribution in [0.3, 0.4) is 0 Å². The van der Waals surface area contributed by atoms with Crippen molar-refractivity contribution in [2.75, 3.05) is 0 Å². The van der Waals surface area contributed by atoms with Crippen molar-refractivity contribution in [3.63, 3.8) is 0 Å². The molecule has 0 fully saturated rings. The summed E-state index contributed by atoms with van der Waals surface area (Å²) in [5, 5.41) is 0. The molecular formula is C9H20OSi. The number of rotatable bonds is 5. The number of hydrogen-bond acceptors (Lipinski definition) is 1. The summed E-state index contributed by atoms with van der Waals surface area (Å²) < 4.78 is 0. The highest BCUT2D eigenvalue weighted by Crippen LogP contribution is 2.17. The van der Waals surface area contributed by atoms with Crippen LogP contribution in [0.15, 0.2) is 0 Å². The smallest absolute Gasteiger partial charge is 0.129 e. The number of carbonyl (C=O) groups is 1. The maximum Gasteiger partial charge on any atom is 0.129 e. The van der Waals surface area contributed by atoms with Crippen molar-refractivity contribution in [3.05, 3.63) is 0 Å². The summed E-state index contributed by atoms with van der Waals surface area (Å²) in [6.07, 6.45) is 1.90. The van der Waals surface area contributed by atoms with Crippen molar-refractivity contribution in [2.45, 2.75) is 51.9 Å². The molecule has 11 heavy (non-hydrogen) atoms. The summed E-state index contributed by atoms with van der Waals surface area (Å²) in [6.45, 7) is 8.74. The molecule has 0 heterocycles. The lowest BCUT2D eigenvalue weighted by Gasteiger charge is -2.18. The zero-order valence-corrected chi connectivity index (χ0v) is 9.24. The first kappa shape index (κ1) is 10.9. The van der Waals surface area contributed by atoms with Crippen LogP contribution in [0.4, 0.5) is 0 Å². The van der Waals surface area contributed by atoms with Crippen LogP contribution in [0.2, 0.25) is 25.2 Å². The Morgan fingerprint density at radius 2 is 1.91 bits per heavy atom. The highest BCUT2D eigenvalue weighted by atomic mass is 28.3. The van der Waals surface area contributed by atoms with Gasteiger partial charge < -0.3 is 4.79 Å². The van der Waals surface area contributed by atoms with Crippen LogP contribution in [-0.4, -0.2) is 13.9 Å². The Labute approximate surface area is 71.2 Å². The van der Waals surface area contributed by atoms with Gasteiger partial charge in [0.25, 0.3) is 0 Å². The molecule has 66 valence electrons. The van der Waals surface area contributed by atoms with E-state index in [4.69, 9.17) is 0 Å². The Morgan fingerprint density at radius 3 is 2.27 bits per heavy atom. The van der Waals surface area contributed by atoms with Crippen molar-refractivity contribution in [1.82, 2.24) is 0 Å². The van der Waals surface area contributed by atoms with E-state index in [-0.39, 0.29) is 0 Å². The number of hydrogen-bond donors (Lipinski definition) is 0. The van der Waals surface area contributed by atoms with Gasteiger partial charge >= 0.3 is 0 Å². The Morgan fingerprint density at radius 1 is 1.36 bits per heavy atom. The van der Waals surface area contributed by atoms with Crippen LogP contribution in [0.25, 0.3) is 0 Å². The van der Waals surface area contributed by atoms with E-state index in [0.717, 1.165) is 12.8 Å². The van der Waals surface area contributed by atoms with Gasteiger partial charge in [0.1, 0.15) is 5.78 Å². The highest BCUT2D eigenvalue weighted by Gasteiger charge is 2.16. The van der Waals surface area contributed by atoms with E-state index >= 15 is 0 Å². The minimum atomic E-state index is -0.896. The molecule has 0 aliphatic heterocycles. The maximum absolute atomic E-state index is 10.6. The fraction of sp³-hybridized carbons (Fsp3) is 0.889. The van der Waals surface area contributed by atoms with Gasteiger partial charge in [-0.25, -0.2) is 0 Å². The Bertz CT molecular complexity index is 130. The molecule has 2 heteroatoms. The molecule has 1 nitrogen and oxygen atoms in total. The zero-order valence-electron chi connectivity index (χ0n) is 8.24. The van der Waals surface area contributed by atoms with E-state index in [1.807, 2.05) is 0 Å². The molecule has 0 aromatic carbocycles. The lowest BCUT2D eigenvalue weighted by atomic mass is 10.3. The molecule has 0 radical (unpaired) electrons. The first-order valence-corrected chi connectivity index (χ1v) is 7.89. The quantitative estimate of drug-likeness (QED) is 0.582. The summed E-state index contributed by atoms with van der Waals surface area (Å²) >= 11 is 0. The predicted octanol–water partition coefficient (Wildman–Crippen LogP) is 3.08. The van der Waals surface area contributed by atoms with Gasteiger partial charge in [0.05, 0.1) is 0 Å². The van der Waals surface area contributed by atoms with Crippen LogP contribution < -0.4 is 0 Å². The molecule has 0 saturated carbocycles. The van der Waals surface area contributed by atoms with Crippen molar-refractivity contribution in [1.29, 1.82) is 0 Å². The standard InChI is InChI=1S/C9H20OSi/c1-5-11(3,4)8-6-7-9(2)10/h5-8H2,1-4H3. The van der Waals surface area contributed by atoms with E-state index in [9.17, 15) is 4.79 Å². The minimum absolute atomic E-state index is 0.339. The molecule has 0 saturated heterocycles. The SMILES string of the molecule is CC[Si](C)(C)CCCC(C)=O. The van der Waals surface area contributed by atoms with Crippen LogP contribution in [0, 0.1) is 0 Å². The monoisotopic (exact) mass is 172 g/mol. The molecule has 0 N–H and O–H groups in total. The molecule has 0 bridgehead atoms. The average molecular weight is 172 g/mol. The summed E-state index contributed by atoms with van der Waals surface area (Å²) in [7, 11) is -0.896. The molecule has 0 aliphatic rings. The van der Waals surface area contributed by atoms with E-state index in [1.54, 1.807) is 6.92 Å². The molecule has 0 aliphatic carbocycles. The summed E-state index contributed by atoms with van der Waals surface area (Å²) in [5.74, 6) is 0.339. The fourth-order valence-corrected chi connectivity index (χ4v) is 2.48. The number of ketones is 1. The van der Waals surface area contributed by atoms with Crippen molar-refractivity contribution < 1.29 is 4.79 Å². The molecule has 0 amide bonds. The summed E-state index contributed by atoms with van der Waals surface area (Å²) in [4.78, 5) is 10.6. The fourth-order valence-electron chi connectivity index (χ4n) is 0.993. The van der Waals surface area contributed by atoms with Gasteiger partial charge in [0.2, 0.25) is 0 Å². The summed E-state index contributed by atoms with van der Waals surface area (Å²) in [6, 6.07) is 2.65.